The molecule has 0 aliphatic carbocycles. The van der Waals surface area contributed by atoms with Crippen LogP contribution in [0.1, 0.15) is 12.7 Å². The van der Waals surface area contributed by atoms with Crippen molar-refractivity contribution in [1.82, 2.24) is 15.0 Å². The predicted molar refractivity (Wildman–Crippen MR) is 73.7 cm³/mol. The third-order valence-corrected chi connectivity index (χ3v) is 3.15. The lowest BCUT2D eigenvalue weighted by molar-refractivity contribution is 0.961. The summed E-state index contributed by atoms with van der Waals surface area (Å²) >= 11 is 6.16. The van der Waals surface area contributed by atoms with Crippen molar-refractivity contribution in [3.8, 4) is 11.3 Å². The van der Waals surface area contributed by atoms with Crippen LogP contribution in [-0.4, -0.2) is 15.0 Å². The van der Waals surface area contributed by atoms with Crippen LogP contribution in [0.4, 0.5) is 0 Å². The van der Waals surface area contributed by atoms with Crippen molar-refractivity contribution in [1.29, 1.82) is 0 Å². The summed E-state index contributed by atoms with van der Waals surface area (Å²) in [7, 11) is 0. The Hall–Kier alpha value is -1.87. The maximum Gasteiger partial charge on any atom is 0.156 e. The molecule has 3 aromatic rings. The van der Waals surface area contributed by atoms with Gasteiger partial charge in [0.1, 0.15) is 11.3 Å². The highest BCUT2D eigenvalue weighted by Crippen LogP contribution is 2.26. The Balaban J connectivity index is 2.20. The Bertz CT molecular complexity index is 689. The second kappa shape index (κ2) is 4.42. The molecule has 3 rings (SSSR count). The first-order valence-electron chi connectivity index (χ1n) is 5.88. The molecule has 1 N–H and O–H groups in total. The van der Waals surface area contributed by atoms with Gasteiger partial charge in [0.25, 0.3) is 0 Å². The first-order chi connectivity index (χ1) is 8.78. The lowest BCUT2D eigenvalue weighted by Crippen LogP contribution is -1.92. The van der Waals surface area contributed by atoms with Gasteiger partial charge in [0.05, 0.1) is 5.52 Å². The molecule has 0 fully saturated rings. The van der Waals surface area contributed by atoms with E-state index in [4.69, 9.17) is 11.6 Å². The van der Waals surface area contributed by atoms with E-state index >= 15 is 0 Å². The van der Waals surface area contributed by atoms with E-state index in [1.165, 1.54) is 0 Å². The SMILES string of the molecule is CCc1nc(Cl)c2[nH]c(-c3ccccc3)cc2n1. The minimum atomic E-state index is 0.485. The third kappa shape index (κ3) is 1.87. The number of rotatable bonds is 2. The molecule has 2 aromatic heterocycles. The van der Waals surface area contributed by atoms with Crippen LogP contribution in [0.5, 0.6) is 0 Å². The molecular weight excluding hydrogens is 246 g/mol. The molecule has 3 nitrogen and oxygen atoms in total. The van der Waals surface area contributed by atoms with Gasteiger partial charge in [0.2, 0.25) is 0 Å². The van der Waals surface area contributed by atoms with Crippen LogP contribution >= 0.6 is 11.6 Å². The van der Waals surface area contributed by atoms with E-state index in [1.54, 1.807) is 0 Å². The Morgan fingerprint density at radius 1 is 1.17 bits per heavy atom. The summed E-state index contributed by atoms with van der Waals surface area (Å²) in [5.41, 5.74) is 3.79. The number of nitrogens with zero attached hydrogens (tertiary/aromatic N) is 2. The number of aromatic nitrogens is 3. The van der Waals surface area contributed by atoms with Crippen LogP contribution < -0.4 is 0 Å². The van der Waals surface area contributed by atoms with Gasteiger partial charge in [-0.15, -0.1) is 0 Å². The third-order valence-electron chi connectivity index (χ3n) is 2.88. The molecule has 0 bridgehead atoms. The first-order valence-corrected chi connectivity index (χ1v) is 6.26. The van der Waals surface area contributed by atoms with Crippen molar-refractivity contribution < 1.29 is 0 Å². The van der Waals surface area contributed by atoms with Crippen molar-refractivity contribution in [2.24, 2.45) is 0 Å². The number of hydrogen-bond donors (Lipinski definition) is 1. The van der Waals surface area contributed by atoms with Gasteiger partial charge in [0.15, 0.2) is 5.15 Å². The smallest absolute Gasteiger partial charge is 0.156 e. The molecule has 0 radical (unpaired) electrons. The highest BCUT2D eigenvalue weighted by molar-refractivity contribution is 6.33. The summed E-state index contributed by atoms with van der Waals surface area (Å²) in [4.78, 5) is 12.0. The van der Waals surface area contributed by atoms with E-state index < -0.39 is 0 Å². The van der Waals surface area contributed by atoms with Crippen molar-refractivity contribution >= 4 is 22.6 Å². The quantitative estimate of drug-likeness (QED) is 0.709. The Labute approximate surface area is 110 Å². The predicted octanol–water partition coefficient (Wildman–Crippen LogP) is 3.84. The lowest BCUT2D eigenvalue weighted by Gasteiger charge is -1.97. The van der Waals surface area contributed by atoms with Crippen LogP contribution in [0.25, 0.3) is 22.3 Å². The summed E-state index contributed by atoms with van der Waals surface area (Å²) in [6.07, 6.45) is 0.779. The van der Waals surface area contributed by atoms with E-state index in [0.29, 0.717) is 5.15 Å². The second-order valence-corrected chi connectivity index (χ2v) is 4.45. The molecule has 2 heterocycles. The number of aromatic amines is 1. The van der Waals surface area contributed by atoms with Crippen LogP contribution in [0.15, 0.2) is 36.4 Å². The zero-order valence-electron chi connectivity index (χ0n) is 9.94. The molecule has 18 heavy (non-hydrogen) atoms. The molecule has 0 aliphatic heterocycles. The van der Waals surface area contributed by atoms with E-state index in [0.717, 1.165) is 34.5 Å². The minimum absolute atomic E-state index is 0.485. The average molecular weight is 258 g/mol. The summed E-state index contributed by atoms with van der Waals surface area (Å²) in [5.74, 6) is 0.770. The molecule has 1 aromatic carbocycles. The zero-order valence-corrected chi connectivity index (χ0v) is 10.7. The maximum absolute atomic E-state index is 6.16. The van der Waals surface area contributed by atoms with Gasteiger partial charge in [-0.25, -0.2) is 9.97 Å². The Morgan fingerprint density at radius 3 is 2.67 bits per heavy atom. The number of aryl methyl sites for hydroxylation is 1. The standard InChI is InChI=1S/C14H12ClN3/c1-2-12-16-11-8-10(9-6-4-3-5-7-9)17-13(11)14(15)18-12/h3-8,17H,2H2,1H3. The number of hydrogen-bond acceptors (Lipinski definition) is 2. The summed E-state index contributed by atoms with van der Waals surface area (Å²) < 4.78 is 0. The number of nitrogens with one attached hydrogen (secondary N) is 1. The fourth-order valence-corrected chi connectivity index (χ4v) is 2.20. The molecule has 0 spiro atoms. The van der Waals surface area contributed by atoms with Crippen molar-refractivity contribution in [2.45, 2.75) is 13.3 Å². The first kappa shape index (κ1) is 11.2. The number of H-pyrrole nitrogens is 1. The average Bonchev–Trinajstić information content (AvgIpc) is 2.84. The van der Waals surface area contributed by atoms with Crippen molar-refractivity contribution in [3.05, 3.63) is 47.4 Å². The zero-order chi connectivity index (χ0) is 12.5. The fourth-order valence-electron chi connectivity index (χ4n) is 1.95. The lowest BCUT2D eigenvalue weighted by atomic mass is 10.2. The van der Waals surface area contributed by atoms with Crippen molar-refractivity contribution in [2.75, 3.05) is 0 Å². The normalized spacial score (nSPS) is 11.0. The maximum atomic E-state index is 6.16. The molecule has 0 saturated heterocycles. The summed E-state index contributed by atoms with van der Waals surface area (Å²) in [6, 6.07) is 12.1. The second-order valence-electron chi connectivity index (χ2n) is 4.09. The Kier molecular flexibility index (Phi) is 2.76. The van der Waals surface area contributed by atoms with E-state index in [9.17, 15) is 0 Å². The van der Waals surface area contributed by atoms with Gasteiger partial charge < -0.3 is 4.98 Å². The van der Waals surface area contributed by atoms with Gasteiger partial charge in [0, 0.05) is 12.1 Å². The topological polar surface area (TPSA) is 41.6 Å². The fraction of sp³-hybridized carbons (Fsp3) is 0.143. The largest absolute Gasteiger partial charge is 0.351 e. The molecule has 0 aliphatic rings. The molecular formula is C14H12ClN3. The highest BCUT2D eigenvalue weighted by Gasteiger charge is 2.09. The van der Waals surface area contributed by atoms with Crippen LogP contribution in [-0.2, 0) is 6.42 Å². The highest BCUT2D eigenvalue weighted by atomic mass is 35.5. The van der Waals surface area contributed by atoms with Gasteiger partial charge in [-0.05, 0) is 11.6 Å². The molecule has 4 heteroatoms. The minimum Gasteiger partial charge on any atom is -0.351 e. The summed E-state index contributed by atoms with van der Waals surface area (Å²) in [6.45, 7) is 2.02. The summed E-state index contributed by atoms with van der Waals surface area (Å²) in [5, 5.41) is 0.485. The van der Waals surface area contributed by atoms with E-state index in [2.05, 4.69) is 15.0 Å². The molecule has 0 amide bonds. The van der Waals surface area contributed by atoms with Crippen LogP contribution in [0.3, 0.4) is 0 Å². The number of benzene rings is 1. The molecule has 0 saturated carbocycles. The van der Waals surface area contributed by atoms with Crippen LogP contribution in [0, 0.1) is 0 Å². The van der Waals surface area contributed by atoms with Gasteiger partial charge in [-0.2, -0.15) is 0 Å². The number of halogens is 1. The van der Waals surface area contributed by atoms with Gasteiger partial charge in [-0.3, -0.25) is 0 Å². The van der Waals surface area contributed by atoms with E-state index in [1.807, 2.05) is 43.3 Å². The molecule has 0 atom stereocenters. The monoisotopic (exact) mass is 257 g/mol. The molecule has 0 unspecified atom stereocenters. The molecule has 90 valence electrons. The van der Waals surface area contributed by atoms with E-state index in [-0.39, 0.29) is 0 Å². The van der Waals surface area contributed by atoms with Gasteiger partial charge >= 0.3 is 0 Å². The number of fused-ring (bicyclic) bond motifs is 1. The Morgan fingerprint density at radius 2 is 1.94 bits per heavy atom. The van der Waals surface area contributed by atoms with Gasteiger partial charge in [-0.1, -0.05) is 48.9 Å². The van der Waals surface area contributed by atoms with Crippen molar-refractivity contribution in [3.63, 3.8) is 0 Å². The van der Waals surface area contributed by atoms with Crippen LogP contribution in [0.2, 0.25) is 5.15 Å².